The highest BCUT2D eigenvalue weighted by molar-refractivity contribution is 8.03. The van der Waals surface area contributed by atoms with E-state index in [2.05, 4.69) is 74.2 Å². The molecule has 0 amide bonds. The van der Waals surface area contributed by atoms with Gasteiger partial charge in [-0.3, -0.25) is 0 Å². The summed E-state index contributed by atoms with van der Waals surface area (Å²) >= 11 is 2.01. The minimum Gasteiger partial charge on any atom is -0.334 e. The average Bonchev–Trinajstić information content (AvgIpc) is 3.04. The summed E-state index contributed by atoms with van der Waals surface area (Å²) in [5, 5.41) is 0. The number of hydrogen-bond donors (Lipinski definition) is 0. The largest absolute Gasteiger partial charge is 0.334 e. The molecule has 0 spiro atoms. The molecule has 0 saturated carbocycles. The normalized spacial score (nSPS) is 14.7. The van der Waals surface area contributed by atoms with E-state index in [0.717, 1.165) is 25.1 Å². The number of thioether (sulfide) groups is 1. The van der Waals surface area contributed by atoms with Gasteiger partial charge in [-0.15, -0.1) is 11.8 Å². The minimum atomic E-state index is 1.04. The van der Waals surface area contributed by atoms with Crippen molar-refractivity contribution in [3.05, 3.63) is 64.7 Å². The number of hydrogen-bond acceptors (Lipinski definition) is 2. The first kappa shape index (κ1) is 16.2. The first-order valence-corrected chi connectivity index (χ1v) is 9.58. The molecule has 0 bridgehead atoms. The summed E-state index contributed by atoms with van der Waals surface area (Å²) in [6, 6.07) is 17.5. The fourth-order valence-corrected chi connectivity index (χ4v) is 4.59. The molecule has 0 unspecified atom stereocenters. The van der Waals surface area contributed by atoms with Crippen LogP contribution in [0.1, 0.15) is 39.2 Å². The summed E-state index contributed by atoms with van der Waals surface area (Å²) in [6.45, 7) is 6.80. The van der Waals surface area contributed by atoms with Gasteiger partial charge < -0.3 is 4.90 Å². The third kappa shape index (κ3) is 3.05. The molecule has 0 radical (unpaired) electrons. The van der Waals surface area contributed by atoms with Crippen molar-refractivity contribution in [1.82, 2.24) is 0 Å². The lowest BCUT2D eigenvalue weighted by Gasteiger charge is -2.27. The number of rotatable bonds is 5. The minimum absolute atomic E-state index is 1.04. The first-order chi connectivity index (χ1) is 11.3. The molecule has 0 aromatic heterocycles. The Morgan fingerprint density at radius 2 is 1.65 bits per heavy atom. The quantitative estimate of drug-likeness (QED) is 0.621. The molecule has 1 heterocycles. The van der Waals surface area contributed by atoms with Crippen LogP contribution in [0.4, 0.5) is 5.69 Å². The van der Waals surface area contributed by atoms with Crippen LogP contribution in [-0.4, -0.2) is 5.88 Å². The van der Waals surface area contributed by atoms with Gasteiger partial charge in [0.15, 0.2) is 0 Å². The molecule has 1 aliphatic rings. The standard InChI is InChI=1S/C21H25NS/c1-4-16-13-10-14-18(17-11-8-7-9-12-17)21(16)22-15-23-20(6-3)19(22)5-2/h7-14H,4-6,15H2,1-3H3. The van der Waals surface area contributed by atoms with E-state index in [1.54, 1.807) is 4.91 Å². The molecular formula is C21H25NS. The topological polar surface area (TPSA) is 3.24 Å². The molecule has 23 heavy (non-hydrogen) atoms. The summed E-state index contributed by atoms with van der Waals surface area (Å²) in [7, 11) is 0. The maximum Gasteiger partial charge on any atom is 0.0729 e. The zero-order valence-corrected chi connectivity index (χ0v) is 15.1. The number of anilines is 1. The van der Waals surface area contributed by atoms with E-state index in [1.165, 1.54) is 28.1 Å². The Morgan fingerprint density at radius 3 is 2.30 bits per heavy atom. The summed E-state index contributed by atoms with van der Waals surface area (Å²) < 4.78 is 0. The lowest BCUT2D eigenvalue weighted by molar-refractivity contribution is 0.943. The average molecular weight is 324 g/mol. The maximum atomic E-state index is 2.56. The zero-order chi connectivity index (χ0) is 16.2. The van der Waals surface area contributed by atoms with Crippen molar-refractivity contribution < 1.29 is 0 Å². The number of allylic oxidation sites excluding steroid dienone is 2. The van der Waals surface area contributed by atoms with Crippen LogP contribution in [0, 0.1) is 0 Å². The van der Waals surface area contributed by atoms with Crippen LogP contribution in [0.5, 0.6) is 0 Å². The van der Waals surface area contributed by atoms with Crippen molar-refractivity contribution in [3.8, 4) is 11.1 Å². The molecule has 0 fully saturated rings. The lowest BCUT2D eigenvalue weighted by atomic mass is 9.97. The van der Waals surface area contributed by atoms with Gasteiger partial charge in [0.25, 0.3) is 0 Å². The summed E-state index contributed by atoms with van der Waals surface area (Å²) in [5.74, 6) is 1.04. The molecule has 0 saturated heterocycles. The Bertz CT molecular complexity index is 703. The SMILES string of the molecule is CCC1=C(CC)N(c2c(CC)cccc2-c2ccccc2)CS1. The van der Waals surface area contributed by atoms with Crippen LogP contribution in [-0.2, 0) is 6.42 Å². The van der Waals surface area contributed by atoms with Crippen molar-refractivity contribution in [2.45, 2.75) is 40.0 Å². The molecule has 120 valence electrons. The maximum absolute atomic E-state index is 2.56. The van der Waals surface area contributed by atoms with E-state index in [0.29, 0.717) is 0 Å². The van der Waals surface area contributed by atoms with Gasteiger partial charge in [-0.25, -0.2) is 0 Å². The Kier molecular flexibility index (Phi) is 5.12. The molecule has 0 N–H and O–H groups in total. The smallest absolute Gasteiger partial charge is 0.0729 e. The van der Waals surface area contributed by atoms with Gasteiger partial charge in [0.2, 0.25) is 0 Å². The third-order valence-corrected chi connectivity index (χ3v) is 5.79. The highest BCUT2D eigenvalue weighted by Gasteiger charge is 2.25. The van der Waals surface area contributed by atoms with E-state index in [-0.39, 0.29) is 0 Å². The number of aryl methyl sites for hydroxylation is 1. The predicted octanol–water partition coefficient (Wildman–Crippen LogP) is 6.46. The summed E-state index contributed by atoms with van der Waals surface area (Å²) in [4.78, 5) is 4.11. The molecule has 2 aromatic rings. The van der Waals surface area contributed by atoms with Crippen LogP contribution in [0.15, 0.2) is 59.1 Å². The molecule has 0 aliphatic carbocycles. The van der Waals surface area contributed by atoms with Gasteiger partial charge in [-0.2, -0.15) is 0 Å². The van der Waals surface area contributed by atoms with Crippen molar-refractivity contribution in [3.63, 3.8) is 0 Å². The van der Waals surface area contributed by atoms with Gasteiger partial charge >= 0.3 is 0 Å². The molecule has 2 aromatic carbocycles. The molecule has 1 aliphatic heterocycles. The molecule has 1 nitrogen and oxygen atoms in total. The van der Waals surface area contributed by atoms with E-state index in [9.17, 15) is 0 Å². The van der Waals surface area contributed by atoms with Crippen molar-refractivity contribution in [1.29, 1.82) is 0 Å². The van der Waals surface area contributed by atoms with E-state index >= 15 is 0 Å². The fraction of sp³-hybridized carbons (Fsp3) is 0.333. The van der Waals surface area contributed by atoms with Gasteiger partial charge in [0, 0.05) is 16.2 Å². The van der Waals surface area contributed by atoms with Gasteiger partial charge in [-0.05, 0) is 30.4 Å². The van der Waals surface area contributed by atoms with Crippen LogP contribution < -0.4 is 4.90 Å². The summed E-state index contributed by atoms with van der Waals surface area (Å²) in [6.07, 6.45) is 3.30. The van der Waals surface area contributed by atoms with Crippen LogP contribution in [0.25, 0.3) is 11.1 Å². The predicted molar refractivity (Wildman–Crippen MR) is 104 cm³/mol. The second kappa shape index (κ2) is 7.27. The van der Waals surface area contributed by atoms with Gasteiger partial charge in [0.1, 0.15) is 0 Å². The molecule has 2 heteroatoms. The third-order valence-electron chi connectivity index (χ3n) is 4.53. The monoisotopic (exact) mass is 323 g/mol. The highest BCUT2D eigenvalue weighted by Crippen LogP contribution is 2.44. The second-order valence-corrected chi connectivity index (χ2v) is 6.85. The van der Waals surface area contributed by atoms with Crippen LogP contribution >= 0.6 is 11.8 Å². The Labute approximate surface area is 144 Å². The first-order valence-electron chi connectivity index (χ1n) is 8.59. The van der Waals surface area contributed by atoms with E-state index < -0.39 is 0 Å². The number of nitrogens with zero attached hydrogens (tertiary/aromatic N) is 1. The molecule has 3 rings (SSSR count). The Hall–Kier alpha value is -1.67. The number of para-hydroxylation sites is 1. The second-order valence-electron chi connectivity index (χ2n) is 5.81. The van der Waals surface area contributed by atoms with E-state index in [4.69, 9.17) is 0 Å². The Morgan fingerprint density at radius 1 is 0.870 bits per heavy atom. The lowest BCUT2D eigenvalue weighted by Crippen LogP contribution is -2.20. The summed E-state index contributed by atoms with van der Waals surface area (Å²) in [5.41, 5.74) is 7.02. The van der Waals surface area contributed by atoms with Crippen molar-refractivity contribution in [2.75, 3.05) is 10.8 Å². The van der Waals surface area contributed by atoms with Crippen molar-refractivity contribution in [2.24, 2.45) is 0 Å². The van der Waals surface area contributed by atoms with E-state index in [1.807, 2.05) is 11.8 Å². The van der Waals surface area contributed by atoms with Crippen LogP contribution in [0.3, 0.4) is 0 Å². The fourth-order valence-electron chi connectivity index (χ4n) is 3.39. The molecule has 0 atom stereocenters. The van der Waals surface area contributed by atoms with Crippen molar-refractivity contribution >= 4 is 17.4 Å². The molecular weight excluding hydrogens is 298 g/mol. The van der Waals surface area contributed by atoms with Gasteiger partial charge in [0.05, 0.1) is 11.6 Å². The number of benzene rings is 2. The van der Waals surface area contributed by atoms with Gasteiger partial charge in [-0.1, -0.05) is 69.3 Å². The highest BCUT2D eigenvalue weighted by atomic mass is 32.2. The van der Waals surface area contributed by atoms with Crippen LogP contribution in [0.2, 0.25) is 0 Å². The Balaban J connectivity index is 2.17. The zero-order valence-electron chi connectivity index (χ0n) is 14.3.